The van der Waals surface area contributed by atoms with Crippen LogP contribution >= 0.6 is 0 Å². The van der Waals surface area contributed by atoms with Crippen molar-refractivity contribution in [1.29, 1.82) is 0 Å². The summed E-state index contributed by atoms with van der Waals surface area (Å²) in [5.41, 5.74) is 6.07. The minimum absolute atomic E-state index is 0.400. The molecule has 0 amide bonds. The van der Waals surface area contributed by atoms with E-state index < -0.39 is 0 Å². The molecule has 1 heterocycles. The molecule has 2 N–H and O–H groups in total. The van der Waals surface area contributed by atoms with Crippen molar-refractivity contribution in [1.82, 2.24) is 4.90 Å². The fourth-order valence-corrected chi connectivity index (χ4v) is 2.12. The Bertz CT molecular complexity index is 145. The fourth-order valence-electron chi connectivity index (χ4n) is 2.12. The summed E-state index contributed by atoms with van der Waals surface area (Å²) < 4.78 is 0. The van der Waals surface area contributed by atoms with Crippen molar-refractivity contribution in [3.8, 4) is 0 Å². The van der Waals surface area contributed by atoms with Gasteiger partial charge in [0.15, 0.2) is 0 Å². The minimum Gasteiger partial charge on any atom is -0.327 e. The van der Waals surface area contributed by atoms with Gasteiger partial charge in [-0.1, -0.05) is 13.8 Å². The third kappa shape index (κ3) is 3.65. The maximum atomic E-state index is 6.07. The summed E-state index contributed by atoms with van der Waals surface area (Å²) in [6, 6.07) is 0.400. The Morgan fingerprint density at radius 3 is 2.69 bits per heavy atom. The second-order valence-electron chi connectivity index (χ2n) is 4.91. The number of piperidine rings is 1. The molecule has 2 heteroatoms. The highest BCUT2D eigenvalue weighted by Crippen LogP contribution is 2.21. The van der Waals surface area contributed by atoms with Gasteiger partial charge in [0.1, 0.15) is 0 Å². The second kappa shape index (κ2) is 4.97. The average Bonchev–Trinajstić information content (AvgIpc) is 2.04. The molecule has 0 saturated carbocycles. The van der Waals surface area contributed by atoms with Crippen LogP contribution in [0.1, 0.15) is 33.1 Å². The molecule has 0 aromatic heterocycles. The lowest BCUT2D eigenvalue weighted by molar-refractivity contribution is 0.188. The largest absolute Gasteiger partial charge is 0.327 e. The number of nitrogens with two attached hydrogens (primary N) is 1. The first-order valence-corrected chi connectivity index (χ1v) is 5.53. The standard InChI is InChI=1S/C11H24N2/c1-9(2)11(12)7-10-5-4-6-13(3)8-10/h9-11H,4-8,12H2,1-3H3. The Morgan fingerprint density at radius 2 is 2.15 bits per heavy atom. The summed E-state index contributed by atoms with van der Waals surface area (Å²) in [6.07, 6.45) is 3.94. The Kier molecular flexibility index (Phi) is 4.20. The molecule has 2 unspecified atom stereocenters. The molecule has 1 fully saturated rings. The lowest BCUT2D eigenvalue weighted by Crippen LogP contribution is -2.37. The number of rotatable bonds is 3. The zero-order chi connectivity index (χ0) is 9.84. The van der Waals surface area contributed by atoms with Crippen molar-refractivity contribution < 1.29 is 0 Å². The predicted molar refractivity (Wildman–Crippen MR) is 57.7 cm³/mol. The van der Waals surface area contributed by atoms with Gasteiger partial charge in [-0.05, 0) is 44.7 Å². The first-order valence-electron chi connectivity index (χ1n) is 5.53. The maximum Gasteiger partial charge on any atom is 0.00650 e. The first kappa shape index (κ1) is 11.0. The van der Waals surface area contributed by atoms with E-state index >= 15 is 0 Å². The van der Waals surface area contributed by atoms with Gasteiger partial charge in [-0.25, -0.2) is 0 Å². The summed E-state index contributed by atoms with van der Waals surface area (Å²) in [4.78, 5) is 2.43. The molecule has 0 bridgehead atoms. The van der Waals surface area contributed by atoms with E-state index in [4.69, 9.17) is 5.73 Å². The number of nitrogens with zero attached hydrogens (tertiary/aromatic N) is 1. The zero-order valence-corrected chi connectivity index (χ0v) is 9.29. The molecule has 0 radical (unpaired) electrons. The van der Waals surface area contributed by atoms with E-state index in [2.05, 4.69) is 25.8 Å². The van der Waals surface area contributed by atoms with Crippen LogP contribution in [0.25, 0.3) is 0 Å². The molecule has 1 aliphatic rings. The molecule has 1 aliphatic heterocycles. The summed E-state index contributed by atoms with van der Waals surface area (Å²) in [5.74, 6) is 1.48. The van der Waals surface area contributed by atoms with Gasteiger partial charge in [0.25, 0.3) is 0 Å². The molecule has 1 rings (SSSR count). The van der Waals surface area contributed by atoms with Crippen molar-refractivity contribution in [2.45, 2.75) is 39.2 Å². The molecule has 1 saturated heterocycles. The lowest BCUT2D eigenvalue weighted by atomic mass is 9.88. The molecular weight excluding hydrogens is 160 g/mol. The van der Waals surface area contributed by atoms with Gasteiger partial charge in [-0.3, -0.25) is 0 Å². The van der Waals surface area contributed by atoms with E-state index in [0.29, 0.717) is 12.0 Å². The number of hydrogen-bond acceptors (Lipinski definition) is 2. The molecule has 2 nitrogen and oxygen atoms in total. The maximum absolute atomic E-state index is 6.07. The van der Waals surface area contributed by atoms with E-state index in [9.17, 15) is 0 Å². The van der Waals surface area contributed by atoms with Crippen LogP contribution in [0.15, 0.2) is 0 Å². The van der Waals surface area contributed by atoms with Gasteiger partial charge in [-0.2, -0.15) is 0 Å². The minimum atomic E-state index is 0.400. The van der Waals surface area contributed by atoms with Crippen LogP contribution in [0, 0.1) is 11.8 Å². The Labute approximate surface area is 82.5 Å². The molecule has 2 atom stereocenters. The van der Waals surface area contributed by atoms with Gasteiger partial charge in [-0.15, -0.1) is 0 Å². The van der Waals surface area contributed by atoms with Crippen LogP contribution in [0.5, 0.6) is 0 Å². The highest BCUT2D eigenvalue weighted by Gasteiger charge is 2.20. The molecule has 0 aromatic rings. The van der Waals surface area contributed by atoms with Crippen LogP contribution in [-0.4, -0.2) is 31.1 Å². The summed E-state index contributed by atoms with van der Waals surface area (Å²) in [5, 5.41) is 0. The Morgan fingerprint density at radius 1 is 1.46 bits per heavy atom. The second-order valence-corrected chi connectivity index (χ2v) is 4.91. The zero-order valence-electron chi connectivity index (χ0n) is 9.29. The van der Waals surface area contributed by atoms with Crippen molar-refractivity contribution in [3.05, 3.63) is 0 Å². The average molecular weight is 184 g/mol. The van der Waals surface area contributed by atoms with Gasteiger partial charge < -0.3 is 10.6 Å². The highest BCUT2D eigenvalue weighted by atomic mass is 15.1. The SMILES string of the molecule is CC(C)C(N)CC1CCCN(C)C1. The Balaban J connectivity index is 2.27. The first-order chi connectivity index (χ1) is 6.09. The third-order valence-corrected chi connectivity index (χ3v) is 3.18. The van der Waals surface area contributed by atoms with Crippen molar-refractivity contribution in [3.63, 3.8) is 0 Å². The van der Waals surface area contributed by atoms with Crippen molar-refractivity contribution in [2.75, 3.05) is 20.1 Å². The third-order valence-electron chi connectivity index (χ3n) is 3.18. The van der Waals surface area contributed by atoms with Crippen LogP contribution in [0.3, 0.4) is 0 Å². The smallest absolute Gasteiger partial charge is 0.00650 e. The quantitative estimate of drug-likeness (QED) is 0.723. The predicted octanol–water partition coefficient (Wildman–Crippen LogP) is 1.70. The van der Waals surface area contributed by atoms with Crippen molar-refractivity contribution >= 4 is 0 Å². The van der Waals surface area contributed by atoms with E-state index in [1.165, 1.54) is 32.4 Å². The molecule has 78 valence electrons. The van der Waals surface area contributed by atoms with Gasteiger partial charge in [0.2, 0.25) is 0 Å². The highest BCUT2D eigenvalue weighted by molar-refractivity contribution is 4.76. The fraction of sp³-hybridized carbons (Fsp3) is 1.00. The van der Waals surface area contributed by atoms with E-state index in [1.54, 1.807) is 0 Å². The Hall–Kier alpha value is -0.0800. The molecule has 0 aliphatic carbocycles. The van der Waals surface area contributed by atoms with Crippen molar-refractivity contribution in [2.24, 2.45) is 17.6 Å². The summed E-state index contributed by atoms with van der Waals surface area (Å²) in [7, 11) is 2.22. The van der Waals surface area contributed by atoms with E-state index in [0.717, 1.165) is 5.92 Å². The lowest BCUT2D eigenvalue weighted by Gasteiger charge is -2.32. The van der Waals surface area contributed by atoms with Crippen LogP contribution in [-0.2, 0) is 0 Å². The van der Waals surface area contributed by atoms with Crippen LogP contribution in [0.4, 0.5) is 0 Å². The van der Waals surface area contributed by atoms with Crippen LogP contribution < -0.4 is 5.73 Å². The number of hydrogen-bond donors (Lipinski definition) is 1. The van der Waals surface area contributed by atoms with E-state index in [1.807, 2.05) is 0 Å². The monoisotopic (exact) mass is 184 g/mol. The summed E-state index contributed by atoms with van der Waals surface area (Å²) in [6.45, 7) is 6.96. The van der Waals surface area contributed by atoms with Gasteiger partial charge in [0, 0.05) is 12.6 Å². The van der Waals surface area contributed by atoms with Gasteiger partial charge >= 0.3 is 0 Å². The van der Waals surface area contributed by atoms with E-state index in [-0.39, 0.29) is 0 Å². The number of likely N-dealkylation sites (tertiary alicyclic amines) is 1. The molecule has 13 heavy (non-hydrogen) atoms. The normalized spacial score (nSPS) is 27.9. The molecule has 0 spiro atoms. The molecular formula is C11H24N2. The molecule has 0 aromatic carbocycles. The van der Waals surface area contributed by atoms with Crippen LogP contribution in [0.2, 0.25) is 0 Å². The topological polar surface area (TPSA) is 29.3 Å². The summed E-state index contributed by atoms with van der Waals surface area (Å²) >= 11 is 0. The van der Waals surface area contributed by atoms with Gasteiger partial charge in [0.05, 0.1) is 0 Å².